The number of benzene rings is 3. The zero-order valence-electron chi connectivity index (χ0n) is 17.1. The molecular weight excluding hydrogens is 424 g/mol. The second kappa shape index (κ2) is 10.3. The smallest absolute Gasteiger partial charge is 0.234 e. The molecule has 1 amide bonds. The van der Waals surface area contributed by atoms with E-state index in [-0.39, 0.29) is 5.91 Å². The van der Waals surface area contributed by atoms with Crippen molar-refractivity contribution in [1.82, 2.24) is 4.98 Å². The Kier molecular flexibility index (Phi) is 7.02. The molecule has 0 unspecified atom stereocenters. The van der Waals surface area contributed by atoms with Crippen LogP contribution in [0.25, 0.3) is 22.4 Å². The summed E-state index contributed by atoms with van der Waals surface area (Å²) in [7, 11) is 0. The van der Waals surface area contributed by atoms with Crippen molar-refractivity contribution in [2.24, 2.45) is 0 Å². The number of fused-ring (bicyclic) bond motifs is 1. The second-order valence-electron chi connectivity index (χ2n) is 6.75. The summed E-state index contributed by atoms with van der Waals surface area (Å²) in [4.78, 5) is 16.9. The molecule has 0 atom stereocenters. The van der Waals surface area contributed by atoms with Crippen LogP contribution in [0.4, 0.5) is 5.69 Å². The van der Waals surface area contributed by atoms with Gasteiger partial charge in [0.2, 0.25) is 5.91 Å². The Morgan fingerprint density at radius 2 is 1.77 bits per heavy atom. The zero-order chi connectivity index (χ0) is 21.5. The number of carbonyl (C=O) groups excluding carboxylic acids is 1. The van der Waals surface area contributed by atoms with Crippen molar-refractivity contribution >= 4 is 57.1 Å². The number of amides is 1. The molecule has 4 aromatic rings. The molecule has 1 aromatic heterocycles. The van der Waals surface area contributed by atoms with Crippen molar-refractivity contribution in [3.63, 3.8) is 0 Å². The first-order valence-electron chi connectivity index (χ1n) is 9.99. The summed E-state index contributed by atoms with van der Waals surface area (Å²) in [6, 6.07) is 23.8. The molecule has 0 aliphatic carbocycles. The van der Waals surface area contributed by atoms with Gasteiger partial charge in [0.25, 0.3) is 0 Å². The summed E-state index contributed by atoms with van der Waals surface area (Å²) in [5.74, 6) is 1.11. The number of hydrogen-bond acceptors (Lipinski definition) is 5. The van der Waals surface area contributed by atoms with Crippen LogP contribution in [0.15, 0.2) is 77.1 Å². The summed E-state index contributed by atoms with van der Waals surface area (Å²) >= 11 is 3.02. The van der Waals surface area contributed by atoms with Crippen LogP contribution in [-0.2, 0) is 4.79 Å². The van der Waals surface area contributed by atoms with Gasteiger partial charge in [0.1, 0.15) is 5.75 Å². The number of nitrogens with zero attached hydrogens (tertiary/aromatic N) is 1. The fourth-order valence-electron chi connectivity index (χ4n) is 2.96. The SMILES string of the molecule is CCOc1ccc2nc(SCC(=O)Nc3ccc(/C=C/c4ccccc4)cc3)sc2c1. The van der Waals surface area contributed by atoms with E-state index in [1.165, 1.54) is 11.8 Å². The molecule has 0 spiro atoms. The van der Waals surface area contributed by atoms with Crippen LogP contribution in [0.3, 0.4) is 0 Å². The van der Waals surface area contributed by atoms with Gasteiger partial charge in [0.05, 0.1) is 22.6 Å². The molecule has 4 nitrogen and oxygen atoms in total. The molecule has 0 fully saturated rings. The summed E-state index contributed by atoms with van der Waals surface area (Å²) in [5, 5.41) is 2.95. The molecule has 156 valence electrons. The van der Waals surface area contributed by atoms with Crippen LogP contribution in [0.1, 0.15) is 18.1 Å². The summed E-state index contributed by atoms with van der Waals surface area (Å²) in [6.07, 6.45) is 4.13. The largest absolute Gasteiger partial charge is 0.494 e. The second-order valence-corrected chi connectivity index (χ2v) is 9.00. The Bertz CT molecular complexity index is 1190. The van der Waals surface area contributed by atoms with Crippen molar-refractivity contribution in [3.8, 4) is 5.75 Å². The van der Waals surface area contributed by atoms with E-state index in [0.717, 1.165) is 37.1 Å². The monoisotopic (exact) mass is 446 g/mol. The highest BCUT2D eigenvalue weighted by molar-refractivity contribution is 8.01. The minimum atomic E-state index is -0.0492. The Morgan fingerprint density at radius 3 is 2.52 bits per heavy atom. The normalized spacial score (nSPS) is 11.1. The van der Waals surface area contributed by atoms with Crippen LogP contribution in [-0.4, -0.2) is 23.3 Å². The highest BCUT2D eigenvalue weighted by atomic mass is 32.2. The van der Waals surface area contributed by atoms with Crippen molar-refractivity contribution < 1.29 is 9.53 Å². The number of thiazole rings is 1. The quantitative estimate of drug-likeness (QED) is 0.245. The fourth-order valence-corrected chi connectivity index (χ4v) is 4.86. The molecular formula is C25H22N2O2S2. The van der Waals surface area contributed by atoms with E-state index in [0.29, 0.717) is 12.4 Å². The summed E-state index contributed by atoms with van der Waals surface area (Å²) < 4.78 is 7.48. The average Bonchev–Trinajstić information content (AvgIpc) is 3.20. The predicted octanol–water partition coefficient (Wildman–Crippen LogP) is 6.60. The lowest BCUT2D eigenvalue weighted by atomic mass is 10.1. The van der Waals surface area contributed by atoms with Crippen LogP contribution in [0, 0.1) is 0 Å². The van der Waals surface area contributed by atoms with Crippen molar-refractivity contribution in [3.05, 3.63) is 83.9 Å². The lowest BCUT2D eigenvalue weighted by Crippen LogP contribution is -2.13. The minimum absolute atomic E-state index is 0.0492. The fraction of sp³-hybridized carbons (Fsp3) is 0.120. The summed E-state index contributed by atoms with van der Waals surface area (Å²) in [6.45, 7) is 2.60. The molecule has 0 saturated carbocycles. The van der Waals surface area contributed by atoms with Crippen LogP contribution in [0.2, 0.25) is 0 Å². The first-order valence-corrected chi connectivity index (χ1v) is 11.8. The Hall–Kier alpha value is -3.09. The number of ether oxygens (including phenoxy) is 1. The van der Waals surface area contributed by atoms with E-state index in [1.807, 2.05) is 67.6 Å². The Balaban J connectivity index is 1.30. The van der Waals surface area contributed by atoms with E-state index in [9.17, 15) is 4.79 Å². The first kappa shape index (κ1) is 21.2. The molecule has 31 heavy (non-hydrogen) atoms. The standard InChI is InChI=1S/C25H22N2O2S2/c1-2-29-21-14-15-22-23(16-21)31-25(27-22)30-17-24(28)26-20-12-10-19(11-13-20)9-8-18-6-4-3-5-7-18/h3-16H,2,17H2,1H3,(H,26,28)/b9-8+. The van der Waals surface area contributed by atoms with Crippen molar-refractivity contribution in [2.45, 2.75) is 11.3 Å². The Morgan fingerprint density at radius 1 is 1.03 bits per heavy atom. The van der Waals surface area contributed by atoms with E-state index in [2.05, 4.69) is 34.6 Å². The zero-order valence-corrected chi connectivity index (χ0v) is 18.7. The molecule has 0 bridgehead atoms. The highest BCUT2D eigenvalue weighted by Gasteiger charge is 2.09. The van der Waals surface area contributed by atoms with E-state index in [4.69, 9.17) is 4.74 Å². The molecule has 4 rings (SSSR count). The van der Waals surface area contributed by atoms with Crippen molar-refractivity contribution in [2.75, 3.05) is 17.7 Å². The van der Waals surface area contributed by atoms with Gasteiger partial charge in [-0.2, -0.15) is 0 Å². The van der Waals surface area contributed by atoms with Gasteiger partial charge in [0.15, 0.2) is 4.34 Å². The van der Waals surface area contributed by atoms with Gasteiger partial charge in [-0.1, -0.05) is 66.4 Å². The predicted molar refractivity (Wildman–Crippen MR) is 132 cm³/mol. The lowest BCUT2D eigenvalue weighted by Gasteiger charge is -2.04. The number of rotatable bonds is 8. The lowest BCUT2D eigenvalue weighted by molar-refractivity contribution is -0.113. The minimum Gasteiger partial charge on any atom is -0.494 e. The number of thioether (sulfide) groups is 1. The molecule has 0 saturated heterocycles. The number of hydrogen-bond donors (Lipinski definition) is 1. The van der Waals surface area contributed by atoms with Crippen LogP contribution >= 0.6 is 23.1 Å². The molecule has 0 radical (unpaired) electrons. The van der Waals surface area contributed by atoms with Gasteiger partial charge < -0.3 is 10.1 Å². The maximum Gasteiger partial charge on any atom is 0.234 e. The van der Waals surface area contributed by atoms with Gasteiger partial charge in [-0.25, -0.2) is 4.98 Å². The number of nitrogens with one attached hydrogen (secondary N) is 1. The van der Waals surface area contributed by atoms with Gasteiger partial charge in [-0.05, 0) is 48.4 Å². The van der Waals surface area contributed by atoms with E-state index >= 15 is 0 Å². The molecule has 0 aliphatic rings. The van der Waals surface area contributed by atoms with Gasteiger partial charge in [0, 0.05) is 5.69 Å². The van der Waals surface area contributed by atoms with Gasteiger partial charge in [-0.15, -0.1) is 11.3 Å². The molecule has 1 N–H and O–H groups in total. The first-order chi connectivity index (χ1) is 15.2. The third-order valence-corrected chi connectivity index (χ3v) is 6.60. The third-order valence-electron chi connectivity index (χ3n) is 4.44. The van der Waals surface area contributed by atoms with E-state index in [1.54, 1.807) is 11.3 Å². The van der Waals surface area contributed by atoms with Crippen LogP contribution < -0.4 is 10.1 Å². The molecule has 6 heteroatoms. The molecule has 1 heterocycles. The summed E-state index contributed by atoms with van der Waals surface area (Å²) in [5.41, 5.74) is 3.95. The topological polar surface area (TPSA) is 51.2 Å². The third kappa shape index (κ3) is 5.96. The molecule has 0 aliphatic heterocycles. The van der Waals surface area contributed by atoms with Crippen LogP contribution in [0.5, 0.6) is 5.75 Å². The molecule has 3 aromatic carbocycles. The number of aromatic nitrogens is 1. The number of anilines is 1. The average molecular weight is 447 g/mol. The maximum atomic E-state index is 12.3. The number of carbonyl (C=O) groups is 1. The highest BCUT2D eigenvalue weighted by Crippen LogP contribution is 2.32. The Labute approximate surface area is 190 Å². The van der Waals surface area contributed by atoms with Crippen molar-refractivity contribution in [1.29, 1.82) is 0 Å². The van der Waals surface area contributed by atoms with E-state index < -0.39 is 0 Å². The van der Waals surface area contributed by atoms with Gasteiger partial charge in [-0.3, -0.25) is 4.79 Å². The van der Waals surface area contributed by atoms with Gasteiger partial charge >= 0.3 is 0 Å². The maximum absolute atomic E-state index is 12.3.